The maximum atomic E-state index is 12.3. The van der Waals surface area contributed by atoms with Crippen LogP contribution in [0.1, 0.15) is 41.9 Å². The normalized spacial score (nSPS) is 15.7. The van der Waals surface area contributed by atoms with Gasteiger partial charge in [0.25, 0.3) is 5.91 Å². The molecule has 0 radical (unpaired) electrons. The number of esters is 1. The van der Waals surface area contributed by atoms with Crippen molar-refractivity contribution >= 4 is 28.2 Å². The molecule has 23 heavy (non-hydrogen) atoms. The van der Waals surface area contributed by atoms with Gasteiger partial charge in [0.15, 0.2) is 6.54 Å². The number of amides is 1. The van der Waals surface area contributed by atoms with Gasteiger partial charge in [-0.25, -0.2) is 4.79 Å². The predicted molar refractivity (Wildman–Crippen MR) is 89.4 cm³/mol. The Balaban J connectivity index is 2.07. The van der Waals surface area contributed by atoms with Gasteiger partial charge in [-0.2, -0.15) is 0 Å². The molecule has 0 spiro atoms. The fourth-order valence-corrected chi connectivity index (χ4v) is 3.45. The first-order chi connectivity index (χ1) is 11.0. The molecular weight excluding hydrogens is 316 g/mol. The van der Waals surface area contributed by atoms with Crippen LogP contribution < -0.4 is 10.2 Å². The van der Waals surface area contributed by atoms with E-state index < -0.39 is 0 Å². The first-order valence-electron chi connectivity index (χ1n) is 8.03. The molecule has 0 unspecified atom stereocenters. The van der Waals surface area contributed by atoms with Crippen LogP contribution in [0.2, 0.25) is 0 Å². The predicted octanol–water partition coefficient (Wildman–Crippen LogP) is 0.902. The molecule has 0 atom stereocenters. The van der Waals surface area contributed by atoms with E-state index in [4.69, 9.17) is 9.47 Å². The number of anilines is 1. The van der Waals surface area contributed by atoms with E-state index in [1.165, 1.54) is 16.2 Å². The lowest BCUT2D eigenvalue weighted by Gasteiger charge is -2.22. The molecule has 128 valence electrons. The number of carbonyl (C=O) groups excluding carboxylic acids is 2. The lowest BCUT2D eigenvalue weighted by molar-refractivity contribution is -0.899. The summed E-state index contributed by atoms with van der Waals surface area (Å²) in [6, 6.07) is 1.82. The number of quaternary nitrogens is 1. The Hall–Kier alpha value is -1.44. The van der Waals surface area contributed by atoms with Crippen molar-refractivity contribution in [2.24, 2.45) is 0 Å². The van der Waals surface area contributed by atoms with Gasteiger partial charge in [-0.3, -0.25) is 4.79 Å². The second-order valence-electron chi connectivity index (χ2n) is 5.85. The molecule has 1 aliphatic heterocycles. The molecule has 1 amide bonds. The van der Waals surface area contributed by atoms with Crippen LogP contribution in [-0.4, -0.2) is 51.3 Å². The highest BCUT2D eigenvalue weighted by Gasteiger charge is 2.23. The monoisotopic (exact) mass is 341 g/mol. The van der Waals surface area contributed by atoms with Gasteiger partial charge in [-0.1, -0.05) is 13.8 Å². The summed E-state index contributed by atoms with van der Waals surface area (Å²) in [6.45, 7) is 9.64. The summed E-state index contributed by atoms with van der Waals surface area (Å²) in [5.74, 6) is -0.169. The van der Waals surface area contributed by atoms with Crippen molar-refractivity contribution in [1.29, 1.82) is 0 Å². The molecule has 1 aromatic heterocycles. The molecule has 1 aromatic rings. The summed E-state index contributed by atoms with van der Waals surface area (Å²) >= 11 is 1.45. The standard InChI is InChI=1S/C16H24N2O4S/c1-4-22-16(20)12-9-13(11(2)3)23-15(12)17-14(19)10-18-5-7-21-8-6-18/h9,11H,4-8,10H2,1-3H3,(H,17,19)/p+1. The van der Waals surface area contributed by atoms with Gasteiger partial charge in [-0.15, -0.1) is 11.3 Å². The summed E-state index contributed by atoms with van der Waals surface area (Å²) in [5.41, 5.74) is 0.450. The van der Waals surface area contributed by atoms with Crippen molar-refractivity contribution in [3.8, 4) is 0 Å². The van der Waals surface area contributed by atoms with Crippen molar-refractivity contribution in [2.45, 2.75) is 26.7 Å². The zero-order valence-electron chi connectivity index (χ0n) is 13.9. The van der Waals surface area contributed by atoms with Gasteiger partial charge in [0.2, 0.25) is 0 Å². The van der Waals surface area contributed by atoms with Crippen molar-refractivity contribution in [1.82, 2.24) is 0 Å². The van der Waals surface area contributed by atoms with Gasteiger partial charge in [0.1, 0.15) is 18.1 Å². The molecule has 0 bridgehead atoms. The molecule has 0 aromatic carbocycles. The van der Waals surface area contributed by atoms with E-state index in [1.807, 2.05) is 6.07 Å². The number of carbonyl (C=O) groups is 2. The summed E-state index contributed by atoms with van der Waals surface area (Å²) in [7, 11) is 0. The fourth-order valence-electron chi connectivity index (χ4n) is 2.38. The molecule has 0 aliphatic carbocycles. The number of rotatable bonds is 6. The average Bonchev–Trinajstić information content (AvgIpc) is 2.92. The Morgan fingerprint density at radius 2 is 2.09 bits per heavy atom. The van der Waals surface area contributed by atoms with Crippen molar-refractivity contribution in [2.75, 3.05) is 44.8 Å². The van der Waals surface area contributed by atoms with Crippen LogP contribution in [0.5, 0.6) is 0 Å². The van der Waals surface area contributed by atoms with Crippen LogP contribution in [0.15, 0.2) is 6.07 Å². The summed E-state index contributed by atoms with van der Waals surface area (Å²) in [5, 5.41) is 3.48. The molecule has 0 saturated carbocycles. The number of ether oxygens (including phenoxy) is 2. The molecule has 2 N–H and O–H groups in total. The third-order valence-electron chi connectivity index (χ3n) is 3.68. The van der Waals surface area contributed by atoms with E-state index in [-0.39, 0.29) is 11.9 Å². The Kier molecular flexibility index (Phi) is 6.56. The summed E-state index contributed by atoms with van der Waals surface area (Å²) in [6.07, 6.45) is 0. The quantitative estimate of drug-likeness (QED) is 0.755. The lowest BCUT2D eigenvalue weighted by Crippen LogP contribution is -3.15. The number of nitrogens with one attached hydrogen (secondary N) is 2. The molecule has 2 rings (SSSR count). The number of thiophene rings is 1. The minimum Gasteiger partial charge on any atom is -0.462 e. The van der Waals surface area contributed by atoms with E-state index in [1.54, 1.807) is 6.92 Å². The van der Waals surface area contributed by atoms with Crippen LogP contribution in [0.4, 0.5) is 5.00 Å². The van der Waals surface area contributed by atoms with Gasteiger partial charge in [-0.05, 0) is 18.9 Å². The topological polar surface area (TPSA) is 69.1 Å². The average molecular weight is 341 g/mol. The van der Waals surface area contributed by atoms with E-state index in [2.05, 4.69) is 19.2 Å². The number of morpholine rings is 1. The zero-order valence-corrected chi connectivity index (χ0v) is 14.8. The van der Waals surface area contributed by atoms with Crippen molar-refractivity contribution in [3.63, 3.8) is 0 Å². The minimum atomic E-state index is -0.385. The van der Waals surface area contributed by atoms with Crippen LogP contribution in [0, 0.1) is 0 Å². The highest BCUT2D eigenvalue weighted by atomic mass is 32.1. The Morgan fingerprint density at radius 3 is 2.70 bits per heavy atom. The third-order valence-corrected chi connectivity index (χ3v) is 5.03. The second-order valence-corrected chi connectivity index (χ2v) is 6.94. The molecule has 2 heterocycles. The number of hydrogen-bond donors (Lipinski definition) is 2. The molecular formula is C16H25N2O4S+. The van der Waals surface area contributed by atoms with Crippen LogP contribution >= 0.6 is 11.3 Å². The molecule has 6 nitrogen and oxygen atoms in total. The van der Waals surface area contributed by atoms with Crippen molar-refractivity contribution in [3.05, 3.63) is 16.5 Å². The Morgan fingerprint density at radius 1 is 1.39 bits per heavy atom. The van der Waals surface area contributed by atoms with Crippen LogP contribution in [0.25, 0.3) is 0 Å². The van der Waals surface area contributed by atoms with E-state index in [9.17, 15) is 9.59 Å². The molecule has 7 heteroatoms. The third kappa shape index (κ3) is 5.02. The highest BCUT2D eigenvalue weighted by molar-refractivity contribution is 7.16. The lowest BCUT2D eigenvalue weighted by atomic mass is 10.1. The smallest absolute Gasteiger partial charge is 0.341 e. The molecule has 1 saturated heterocycles. The SMILES string of the molecule is CCOC(=O)c1cc(C(C)C)sc1NC(=O)C[NH+]1CCOCC1. The van der Waals surface area contributed by atoms with Crippen LogP contribution in [0.3, 0.4) is 0 Å². The van der Waals surface area contributed by atoms with E-state index in [0.29, 0.717) is 42.8 Å². The van der Waals surface area contributed by atoms with E-state index >= 15 is 0 Å². The summed E-state index contributed by atoms with van der Waals surface area (Å²) in [4.78, 5) is 26.6. The summed E-state index contributed by atoms with van der Waals surface area (Å²) < 4.78 is 10.4. The second kappa shape index (κ2) is 8.42. The highest BCUT2D eigenvalue weighted by Crippen LogP contribution is 2.33. The maximum Gasteiger partial charge on any atom is 0.341 e. The van der Waals surface area contributed by atoms with Gasteiger partial charge in [0.05, 0.1) is 25.4 Å². The largest absolute Gasteiger partial charge is 0.462 e. The van der Waals surface area contributed by atoms with Crippen molar-refractivity contribution < 1.29 is 24.0 Å². The Bertz CT molecular complexity index is 550. The van der Waals surface area contributed by atoms with Crippen LogP contribution in [-0.2, 0) is 14.3 Å². The number of hydrogen-bond acceptors (Lipinski definition) is 5. The van der Waals surface area contributed by atoms with Gasteiger partial charge >= 0.3 is 5.97 Å². The minimum absolute atomic E-state index is 0.0791. The van der Waals surface area contributed by atoms with Gasteiger partial charge in [0, 0.05) is 4.88 Å². The van der Waals surface area contributed by atoms with Gasteiger partial charge < -0.3 is 19.7 Å². The maximum absolute atomic E-state index is 12.3. The first-order valence-corrected chi connectivity index (χ1v) is 8.85. The Labute approximate surface area is 140 Å². The first kappa shape index (κ1) is 17.9. The fraction of sp³-hybridized carbons (Fsp3) is 0.625. The molecule has 1 fully saturated rings. The van der Waals surface area contributed by atoms with E-state index in [0.717, 1.165) is 18.0 Å². The zero-order chi connectivity index (χ0) is 16.8. The molecule has 1 aliphatic rings.